The Kier molecular flexibility index (Phi) is 7.55. The van der Waals surface area contributed by atoms with E-state index in [0.29, 0.717) is 37.6 Å². The Morgan fingerprint density at radius 2 is 2.16 bits per heavy atom. The fraction of sp³-hybridized carbons (Fsp3) is 0.667. The van der Waals surface area contributed by atoms with E-state index in [1.807, 2.05) is 13.8 Å². The van der Waals surface area contributed by atoms with E-state index in [9.17, 15) is 8.42 Å². The molecule has 5 nitrogen and oxygen atoms in total. The molecule has 19 heavy (non-hydrogen) atoms. The molecule has 0 atom stereocenters. The summed E-state index contributed by atoms with van der Waals surface area (Å²) in [5.41, 5.74) is 0. The summed E-state index contributed by atoms with van der Waals surface area (Å²) in [6.07, 6.45) is 0.680. The Labute approximate surface area is 119 Å². The highest BCUT2D eigenvalue weighted by Crippen LogP contribution is 2.21. The molecular weight excluding hydrogens is 284 g/mol. The summed E-state index contributed by atoms with van der Waals surface area (Å²) in [7, 11) is -3.40. The van der Waals surface area contributed by atoms with Crippen molar-refractivity contribution in [3.05, 3.63) is 16.3 Å². The zero-order valence-electron chi connectivity index (χ0n) is 11.4. The Morgan fingerprint density at radius 3 is 2.84 bits per heavy atom. The standard InChI is InChI=1S/C12H22N2O3S2/c1-3-13-10-11-12(6-9-18-11)19(15,16)14-7-5-8-17-4-2/h6,9,13-14H,3-5,7-8,10H2,1-2H3. The second kappa shape index (κ2) is 8.65. The second-order valence-electron chi connectivity index (χ2n) is 3.94. The number of thiophene rings is 1. The molecule has 0 radical (unpaired) electrons. The zero-order valence-corrected chi connectivity index (χ0v) is 13.1. The summed E-state index contributed by atoms with van der Waals surface area (Å²) >= 11 is 1.46. The molecule has 110 valence electrons. The van der Waals surface area contributed by atoms with Gasteiger partial charge < -0.3 is 10.1 Å². The van der Waals surface area contributed by atoms with Crippen LogP contribution >= 0.6 is 11.3 Å². The van der Waals surface area contributed by atoms with Gasteiger partial charge in [0.2, 0.25) is 10.0 Å². The number of hydrogen-bond acceptors (Lipinski definition) is 5. The minimum absolute atomic E-state index is 0.384. The lowest BCUT2D eigenvalue weighted by molar-refractivity contribution is 0.146. The van der Waals surface area contributed by atoms with Crippen LogP contribution in [0.25, 0.3) is 0 Å². The van der Waals surface area contributed by atoms with E-state index >= 15 is 0 Å². The molecule has 0 saturated carbocycles. The van der Waals surface area contributed by atoms with Crippen LogP contribution in [0, 0.1) is 0 Å². The summed E-state index contributed by atoms with van der Waals surface area (Å²) in [6, 6.07) is 1.65. The fourth-order valence-electron chi connectivity index (χ4n) is 1.54. The highest BCUT2D eigenvalue weighted by Gasteiger charge is 2.18. The van der Waals surface area contributed by atoms with Gasteiger partial charge in [0.05, 0.1) is 4.90 Å². The van der Waals surface area contributed by atoms with E-state index in [1.54, 1.807) is 11.4 Å². The number of rotatable bonds is 10. The third kappa shape index (κ3) is 5.58. The average Bonchev–Trinajstić information content (AvgIpc) is 2.85. The van der Waals surface area contributed by atoms with Crippen molar-refractivity contribution in [3.63, 3.8) is 0 Å². The first-order valence-corrected chi connectivity index (χ1v) is 8.82. The monoisotopic (exact) mass is 306 g/mol. The third-order valence-corrected chi connectivity index (χ3v) is 5.09. The molecule has 0 bridgehead atoms. The molecular formula is C12H22N2O3S2. The van der Waals surface area contributed by atoms with Crippen molar-refractivity contribution in [2.45, 2.75) is 31.7 Å². The molecule has 1 heterocycles. The lowest BCUT2D eigenvalue weighted by atomic mass is 10.4. The van der Waals surface area contributed by atoms with Gasteiger partial charge >= 0.3 is 0 Å². The SMILES string of the molecule is CCNCc1sccc1S(=O)(=O)NCCCOCC. The van der Waals surface area contributed by atoms with Crippen molar-refractivity contribution in [2.24, 2.45) is 0 Å². The van der Waals surface area contributed by atoms with E-state index in [4.69, 9.17) is 4.74 Å². The Balaban J connectivity index is 2.54. The van der Waals surface area contributed by atoms with Crippen molar-refractivity contribution in [3.8, 4) is 0 Å². The van der Waals surface area contributed by atoms with Crippen LogP contribution in [0.15, 0.2) is 16.3 Å². The molecule has 7 heteroatoms. The topological polar surface area (TPSA) is 67.4 Å². The maximum Gasteiger partial charge on any atom is 0.241 e. The molecule has 0 aliphatic carbocycles. The third-order valence-electron chi connectivity index (χ3n) is 2.49. The summed E-state index contributed by atoms with van der Waals surface area (Å²) in [5.74, 6) is 0. The van der Waals surface area contributed by atoms with Crippen molar-refractivity contribution in [1.82, 2.24) is 10.0 Å². The van der Waals surface area contributed by atoms with Gasteiger partial charge in [0.15, 0.2) is 0 Å². The van der Waals surface area contributed by atoms with Gasteiger partial charge in [0, 0.05) is 31.2 Å². The van der Waals surface area contributed by atoms with E-state index in [2.05, 4.69) is 10.0 Å². The zero-order chi connectivity index (χ0) is 14.1. The molecule has 0 aliphatic rings. The van der Waals surface area contributed by atoms with Crippen LogP contribution in [-0.4, -0.2) is 34.7 Å². The maximum atomic E-state index is 12.1. The van der Waals surface area contributed by atoms with Gasteiger partial charge in [-0.3, -0.25) is 0 Å². The maximum absolute atomic E-state index is 12.1. The first-order chi connectivity index (χ1) is 9.11. The molecule has 0 aromatic carbocycles. The molecule has 0 saturated heterocycles. The van der Waals surface area contributed by atoms with Gasteiger partial charge in [0.25, 0.3) is 0 Å². The van der Waals surface area contributed by atoms with Crippen molar-refractivity contribution in [1.29, 1.82) is 0 Å². The molecule has 1 aromatic rings. The van der Waals surface area contributed by atoms with Crippen LogP contribution in [0.4, 0.5) is 0 Å². The summed E-state index contributed by atoms with van der Waals surface area (Å²) in [5, 5.41) is 4.95. The minimum atomic E-state index is -3.40. The van der Waals surface area contributed by atoms with Crippen molar-refractivity contribution < 1.29 is 13.2 Å². The first-order valence-electron chi connectivity index (χ1n) is 6.46. The molecule has 0 amide bonds. The van der Waals surface area contributed by atoms with Gasteiger partial charge in [0.1, 0.15) is 0 Å². The van der Waals surface area contributed by atoms with E-state index in [-0.39, 0.29) is 0 Å². The lowest BCUT2D eigenvalue weighted by Gasteiger charge is -2.08. The molecule has 0 spiro atoms. The predicted molar refractivity (Wildman–Crippen MR) is 78.0 cm³/mol. The van der Waals surface area contributed by atoms with Gasteiger partial charge in [-0.25, -0.2) is 13.1 Å². The van der Waals surface area contributed by atoms with Gasteiger partial charge in [-0.05, 0) is 31.3 Å². The highest BCUT2D eigenvalue weighted by atomic mass is 32.2. The predicted octanol–water partition coefficient (Wildman–Crippen LogP) is 1.56. The van der Waals surface area contributed by atoms with Crippen LogP contribution in [0.3, 0.4) is 0 Å². The Bertz CT molecular complexity index is 457. The average molecular weight is 306 g/mol. The van der Waals surface area contributed by atoms with E-state index in [1.165, 1.54) is 11.3 Å². The van der Waals surface area contributed by atoms with E-state index < -0.39 is 10.0 Å². The number of hydrogen-bond donors (Lipinski definition) is 2. The summed E-state index contributed by atoms with van der Waals surface area (Å²) < 4.78 is 32.1. The normalized spacial score (nSPS) is 11.9. The molecule has 2 N–H and O–H groups in total. The van der Waals surface area contributed by atoms with Gasteiger partial charge in [-0.2, -0.15) is 0 Å². The van der Waals surface area contributed by atoms with Crippen LogP contribution < -0.4 is 10.0 Å². The van der Waals surface area contributed by atoms with Crippen LogP contribution in [0.2, 0.25) is 0 Å². The smallest absolute Gasteiger partial charge is 0.241 e. The van der Waals surface area contributed by atoms with Crippen molar-refractivity contribution in [2.75, 3.05) is 26.3 Å². The molecule has 1 rings (SSSR count). The molecule has 1 aromatic heterocycles. The van der Waals surface area contributed by atoms with Crippen LogP contribution in [0.1, 0.15) is 25.1 Å². The molecule has 0 unspecified atom stereocenters. The fourth-order valence-corrected chi connectivity index (χ4v) is 4.02. The second-order valence-corrected chi connectivity index (χ2v) is 6.67. The van der Waals surface area contributed by atoms with E-state index in [0.717, 1.165) is 11.4 Å². The van der Waals surface area contributed by atoms with Crippen molar-refractivity contribution >= 4 is 21.4 Å². The van der Waals surface area contributed by atoms with Crippen LogP contribution in [0.5, 0.6) is 0 Å². The van der Waals surface area contributed by atoms with Crippen LogP contribution in [-0.2, 0) is 21.3 Å². The van der Waals surface area contributed by atoms with Gasteiger partial charge in [-0.1, -0.05) is 6.92 Å². The number of sulfonamides is 1. The highest BCUT2D eigenvalue weighted by molar-refractivity contribution is 7.89. The molecule has 0 aliphatic heterocycles. The summed E-state index contributed by atoms with van der Waals surface area (Å²) in [6.45, 7) is 6.95. The number of nitrogens with one attached hydrogen (secondary N) is 2. The number of ether oxygens (including phenoxy) is 1. The summed E-state index contributed by atoms with van der Waals surface area (Å²) in [4.78, 5) is 1.23. The Hall–Kier alpha value is -0.470. The largest absolute Gasteiger partial charge is 0.382 e. The Morgan fingerprint density at radius 1 is 1.37 bits per heavy atom. The quantitative estimate of drug-likeness (QED) is 0.644. The molecule has 0 fully saturated rings. The minimum Gasteiger partial charge on any atom is -0.382 e. The van der Waals surface area contributed by atoms with Gasteiger partial charge in [-0.15, -0.1) is 11.3 Å². The first kappa shape index (κ1) is 16.6. The lowest BCUT2D eigenvalue weighted by Crippen LogP contribution is -2.26.